The average molecular weight is 463 g/mol. The number of aromatic amines is 1. The molecule has 31 heavy (non-hydrogen) atoms. The van der Waals surface area contributed by atoms with Gasteiger partial charge in [-0.1, -0.05) is 29.3 Å². The predicted octanol–water partition coefficient (Wildman–Crippen LogP) is 3.63. The van der Waals surface area contributed by atoms with E-state index < -0.39 is 0 Å². The zero-order chi connectivity index (χ0) is 22.1. The molecule has 0 saturated carbocycles. The van der Waals surface area contributed by atoms with Gasteiger partial charge in [-0.05, 0) is 44.4 Å². The number of methoxy groups -OCH3 is 1. The lowest BCUT2D eigenvalue weighted by Gasteiger charge is -2.49. The van der Waals surface area contributed by atoms with Crippen molar-refractivity contribution in [3.05, 3.63) is 51.8 Å². The highest BCUT2D eigenvalue weighted by atomic mass is 35.5. The van der Waals surface area contributed by atoms with Crippen LogP contribution in [-0.2, 0) is 9.53 Å². The van der Waals surface area contributed by atoms with Gasteiger partial charge >= 0.3 is 0 Å². The highest BCUT2D eigenvalue weighted by molar-refractivity contribution is 6.42. The Morgan fingerprint density at radius 3 is 2.32 bits per heavy atom. The summed E-state index contributed by atoms with van der Waals surface area (Å²) in [6.07, 6.45) is 5.38. The van der Waals surface area contributed by atoms with Crippen LogP contribution in [0.3, 0.4) is 0 Å². The molecule has 0 radical (unpaired) electrons. The molecule has 0 aliphatic carbocycles. The number of nitrogens with zero attached hydrogens (tertiary/aromatic N) is 2. The van der Waals surface area contributed by atoms with E-state index in [0.717, 1.165) is 42.8 Å². The van der Waals surface area contributed by atoms with Gasteiger partial charge < -0.3 is 24.8 Å². The van der Waals surface area contributed by atoms with Crippen molar-refractivity contribution in [3.8, 4) is 0 Å². The summed E-state index contributed by atoms with van der Waals surface area (Å²) in [7, 11) is 5.83. The van der Waals surface area contributed by atoms with Crippen molar-refractivity contribution in [2.24, 2.45) is 11.8 Å². The molecule has 1 aromatic carbocycles. The van der Waals surface area contributed by atoms with E-state index in [1.165, 1.54) is 7.11 Å². The minimum Gasteiger partial charge on any atom is -0.491 e. The number of hydrogen-bond donors (Lipinski definition) is 2. The molecule has 1 amide bonds. The van der Waals surface area contributed by atoms with Gasteiger partial charge in [0.05, 0.1) is 17.2 Å². The van der Waals surface area contributed by atoms with Gasteiger partial charge in [0.15, 0.2) is 5.76 Å². The number of halogens is 2. The number of rotatable bonds is 5. The van der Waals surface area contributed by atoms with Crippen molar-refractivity contribution in [2.45, 2.75) is 6.04 Å². The second-order valence-electron chi connectivity index (χ2n) is 8.63. The molecule has 2 aromatic rings. The first-order valence-electron chi connectivity index (χ1n) is 10.4. The largest absolute Gasteiger partial charge is 0.491 e. The molecule has 0 spiro atoms. The van der Waals surface area contributed by atoms with Crippen LogP contribution in [0.5, 0.6) is 0 Å². The molecule has 3 heterocycles. The SMILES string of the molecule is CO/C(=C/C=C/c1cc2cc(Cl)c(Cl)cc2[nH]1)C(=O)NC1C2CN(C)CC1CN(C)C2. The Balaban J connectivity index is 1.45. The number of amides is 1. The van der Waals surface area contributed by atoms with Crippen LogP contribution in [0.1, 0.15) is 5.69 Å². The number of H-pyrrole nitrogens is 1. The molecular weight excluding hydrogens is 435 g/mol. The zero-order valence-electron chi connectivity index (χ0n) is 18.0. The first-order valence-corrected chi connectivity index (χ1v) is 11.2. The number of fused-ring (bicyclic) bond motifs is 3. The monoisotopic (exact) mass is 462 g/mol. The molecule has 166 valence electrons. The molecule has 6 nitrogen and oxygen atoms in total. The van der Waals surface area contributed by atoms with Gasteiger partial charge in [-0.3, -0.25) is 4.79 Å². The average Bonchev–Trinajstić information content (AvgIpc) is 3.08. The fourth-order valence-electron chi connectivity index (χ4n) is 4.88. The summed E-state index contributed by atoms with van der Waals surface area (Å²) in [5.41, 5.74) is 1.79. The van der Waals surface area contributed by atoms with E-state index in [9.17, 15) is 4.79 Å². The lowest BCUT2D eigenvalue weighted by atomic mass is 9.79. The highest BCUT2D eigenvalue weighted by Crippen LogP contribution is 2.29. The van der Waals surface area contributed by atoms with Crippen LogP contribution >= 0.6 is 23.2 Å². The molecule has 2 fully saturated rings. The first kappa shape index (κ1) is 22.2. The summed E-state index contributed by atoms with van der Waals surface area (Å²) in [6, 6.07) is 5.78. The van der Waals surface area contributed by atoms with Gasteiger partial charge in [0, 0.05) is 60.7 Å². The van der Waals surface area contributed by atoms with Gasteiger partial charge in [-0.25, -0.2) is 0 Å². The summed E-state index contributed by atoms with van der Waals surface area (Å²) < 4.78 is 5.38. The van der Waals surface area contributed by atoms with Crippen LogP contribution in [0.4, 0.5) is 0 Å². The van der Waals surface area contributed by atoms with Gasteiger partial charge in [0.2, 0.25) is 0 Å². The fraction of sp³-hybridized carbons (Fsp3) is 0.435. The normalized spacial score (nSPS) is 25.3. The second kappa shape index (κ2) is 9.25. The van der Waals surface area contributed by atoms with Crippen molar-refractivity contribution >= 4 is 46.1 Å². The molecule has 4 rings (SSSR count). The summed E-state index contributed by atoms with van der Waals surface area (Å²) in [5.74, 6) is 0.968. The first-order chi connectivity index (χ1) is 14.8. The van der Waals surface area contributed by atoms with E-state index in [2.05, 4.69) is 34.2 Å². The zero-order valence-corrected chi connectivity index (χ0v) is 19.5. The van der Waals surface area contributed by atoms with Gasteiger partial charge in [-0.15, -0.1) is 0 Å². The molecule has 8 heteroatoms. The number of hydrogen-bond acceptors (Lipinski definition) is 4. The van der Waals surface area contributed by atoms with Crippen LogP contribution < -0.4 is 5.32 Å². The van der Waals surface area contributed by atoms with E-state index in [-0.39, 0.29) is 11.9 Å². The van der Waals surface area contributed by atoms with Crippen LogP contribution in [0, 0.1) is 11.8 Å². The summed E-state index contributed by atoms with van der Waals surface area (Å²) in [4.78, 5) is 20.9. The van der Waals surface area contributed by atoms with Crippen LogP contribution in [-0.4, -0.2) is 74.1 Å². The third-order valence-corrected chi connectivity index (χ3v) is 6.87. The molecule has 2 aliphatic rings. The standard InChI is InChI=1S/C23H28Cl2N4O2/c1-28-10-15-12-29(2)13-16(11-28)22(15)27-23(30)21(31-3)6-4-5-17-7-14-8-18(24)19(25)9-20(14)26-17/h4-9,15-16,22,26H,10-13H2,1-3H3,(H,27,30)/b5-4+,21-6+. The Labute approximate surface area is 192 Å². The molecule has 2 N–H and O–H groups in total. The Kier molecular flexibility index (Phi) is 6.63. The molecule has 1 aromatic heterocycles. The minimum absolute atomic E-state index is 0.170. The van der Waals surface area contributed by atoms with Crippen molar-refractivity contribution < 1.29 is 9.53 Å². The maximum absolute atomic E-state index is 12.9. The Morgan fingerprint density at radius 2 is 1.71 bits per heavy atom. The Hall–Kier alpha value is -1.99. The van der Waals surface area contributed by atoms with Crippen molar-refractivity contribution in [2.75, 3.05) is 47.4 Å². The van der Waals surface area contributed by atoms with E-state index in [4.69, 9.17) is 27.9 Å². The van der Waals surface area contributed by atoms with Crippen molar-refractivity contribution in [3.63, 3.8) is 0 Å². The van der Waals surface area contributed by atoms with Crippen LogP contribution in [0.15, 0.2) is 36.1 Å². The molecule has 2 aliphatic heterocycles. The van der Waals surface area contributed by atoms with E-state index in [0.29, 0.717) is 27.6 Å². The van der Waals surface area contributed by atoms with E-state index >= 15 is 0 Å². The maximum atomic E-state index is 12.9. The predicted molar refractivity (Wildman–Crippen MR) is 126 cm³/mol. The Morgan fingerprint density at radius 1 is 1.10 bits per heavy atom. The van der Waals surface area contributed by atoms with Crippen molar-refractivity contribution in [1.82, 2.24) is 20.1 Å². The number of piperidine rings is 2. The lowest BCUT2D eigenvalue weighted by Crippen LogP contribution is -2.63. The van der Waals surface area contributed by atoms with E-state index in [1.807, 2.05) is 18.2 Å². The van der Waals surface area contributed by atoms with Crippen LogP contribution in [0.2, 0.25) is 10.0 Å². The van der Waals surface area contributed by atoms with Crippen molar-refractivity contribution in [1.29, 1.82) is 0 Å². The smallest absolute Gasteiger partial charge is 0.286 e. The fourth-order valence-corrected chi connectivity index (χ4v) is 5.21. The van der Waals surface area contributed by atoms with Crippen LogP contribution in [0.25, 0.3) is 17.0 Å². The second-order valence-corrected chi connectivity index (χ2v) is 9.45. The van der Waals surface area contributed by atoms with E-state index in [1.54, 1.807) is 18.2 Å². The molecule has 0 atom stereocenters. The number of ether oxygens (including phenoxy) is 1. The lowest BCUT2D eigenvalue weighted by molar-refractivity contribution is -0.123. The maximum Gasteiger partial charge on any atom is 0.286 e. The third-order valence-electron chi connectivity index (χ3n) is 6.15. The highest BCUT2D eigenvalue weighted by Gasteiger charge is 2.41. The number of likely N-dealkylation sites (tertiary alicyclic amines) is 2. The minimum atomic E-state index is -0.170. The number of aromatic nitrogens is 1. The molecular formula is C23H28Cl2N4O2. The topological polar surface area (TPSA) is 60.6 Å². The van der Waals surface area contributed by atoms with Gasteiger partial charge in [0.25, 0.3) is 5.91 Å². The van der Waals surface area contributed by atoms with Gasteiger partial charge in [-0.2, -0.15) is 0 Å². The number of carbonyl (C=O) groups is 1. The third kappa shape index (κ3) is 4.93. The molecule has 2 bridgehead atoms. The Bertz CT molecular complexity index is 963. The molecule has 2 saturated heterocycles. The summed E-state index contributed by atoms with van der Waals surface area (Å²) in [6.45, 7) is 3.97. The number of allylic oxidation sites excluding steroid dienone is 2. The summed E-state index contributed by atoms with van der Waals surface area (Å²) in [5, 5.41) is 5.24. The number of carbonyl (C=O) groups excluding carboxylic acids is 1. The number of benzene rings is 1. The molecule has 0 unspecified atom stereocenters. The quantitative estimate of drug-likeness (QED) is 0.404. The number of nitrogens with one attached hydrogen (secondary N) is 2. The van der Waals surface area contributed by atoms with Gasteiger partial charge in [0.1, 0.15) is 0 Å². The summed E-state index contributed by atoms with van der Waals surface area (Å²) >= 11 is 12.2.